The highest BCUT2D eigenvalue weighted by molar-refractivity contribution is 5.93. The van der Waals surface area contributed by atoms with E-state index in [4.69, 9.17) is 13.9 Å². The van der Waals surface area contributed by atoms with E-state index >= 15 is 0 Å². The average Bonchev–Trinajstić information content (AvgIpc) is 3.36. The zero-order valence-corrected chi connectivity index (χ0v) is 18.0. The van der Waals surface area contributed by atoms with Gasteiger partial charge in [0, 0.05) is 5.56 Å². The molecule has 4 aromatic rings. The van der Waals surface area contributed by atoms with Crippen LogP contribution in [0.25, 0.3) is 11.1 Å². The largest absolute Gasteiger partial charge is 0.486 e. The highest BCUT2D eigenvalue weighted by Crippen LogP contribution is 2.29. The number of halogens is 1. The predicted molar refractivity (Wildman–Crippen MR) is 122 cm³/mol. The van der Waals surface area contributed by atoms with Crippen LogP contribution >= 0.6 is 0 Å². The number of hydrazine groups is 1. The van der Waals surface area contributed by atoms with Crippen LogP contribution in [0.1, 0.15) is 16.3 Å². The first-order valence-electron chi connectivity index (χ1n) is 10.4. The van der Waals surface area contributed by atoms with Crippen LogP contribution in [0.15, 0.2) is 95.4 Å². The standard InChI is InChI=1S/C26H21FN2O5/c27-19-10-12-20(13-11-19)32-16-21-14-15-24(34-21)26(31)29-28-25(30)17-33-23-9-5-4-8-22(23)18-6-2-1-3-7-18/h1-15H,16-17H2,(H,28,30)(H,29,31). The van der Waals surface area contributed by atoms with Gasteiger partial charge in [0.05, 0.1) is 0 Å². The molecule has 34 heavy (non-hydrogen) atoms. The zero-order valence-electron chi connectivity index (χ0n) is 18.0. The van der Waals surface area contributed by atoms with Crippen molar-refractivity contribution in [1.82, 2.24) is 10.9 Å². The summed E-state index contributed by atoms with van der Waals surface area (Å²) in [5.41, 5.74) is 6.39. The highest BCUT2D eigenvalue weighted by Gasteiger charge is 2.14. The highest BCUT2D eigenvalue weighted by atomic mass is 19.1. The Morgan fingerprint density at radius 3 is 2.32 bits per heavy atom. The van der Waals surface area contributed by atoms with Crippen molar-refractivity contribution in [2.75, 3.05) is 6.61 Å². The zero-order chi connectivity index (χ0) is 23.8. The lowest BCUT2D eigenvalue weighted by atomic mass is 10.1. The van der Waals surface area contributed by atoms with Crippen LogP contribution in [0, 0.1) is 5.82 Å². The van der Waals surface area contributed by atoms with Crippen molar-refractivity contribution in [3.63, 3.8) is 0 Å². The Balaban J connectivity index is 1.25. The molecule has 0 aliphatic rings. The molecule has 0 fully saturated rings. The van der Waals surface area contributed by atoms with Gasteiger partial charge in [-0.05, 0) is 48.0 Å². The van der Waals surface area contributed by atoms with Crippen molar-refractivity contribution in [2.45, 2.75) is 6.61 Å². The monoisotopic (exact) mass is 460 g/mol. The second-order valence-electron chi connectivity index (χ2n) is 7.16. The maximum absolute atomic E-state index is 12.9. The number of carbonyl (C=O) groups is 2. The molecule has 2 N–H and O–H groups in total. The summed E-state index contributed by atoms with van der Waals surface area (Å²) in [6.07, 6.45) is 0. The normalized spacial score (nSPS) is 10.4. The summed E-state index contributed by atoms with van der Waals surface area (Å²) in [6.45, 7) is -0.237. The third-order valence-corrected chi connectivity index (χ3v) is 4.73. The van der Waals surface area contributed by atoms with E-state index in [0.717, 1.165) is 11.1 Å². The van der Waals surface area contributed by atoms with E-state index in [9.17, 15) is 14.0 Å². The number of nitrogens with one attached hydrogen (secondary N) is 2. The summed E-state index contributed by atoms with van der Waals surface area (Å²) >= 11 is 0. The van der Waals surface area contributed by atoms with Crippen molar-refractivity contribution in [3.05, 3.63) is 108 Å². The van der Waals surface area contributed by atoms with Gasteiger partial charge in [0.1, 0.15) is 29.7 Å². The van der Waals surface area contributed by atoms with Gasteiger partial charge in [0.15, 0.2) is 12.4 Å². The van der Waals surface area contributed by atoms with Crippen LogP contribution in [0.5, 0.6) is 11.5 Å². The minimum atomic E-state index is -0.633. The molecule has 0 saturated carbocycles. The van der Waals surface area contributed by atoms with E-state index in [-0.39, 0.29) is 24.8 Å². The van der Waals surface area contributed by atoms with Crippen LogP contribution in [-0.4, -0.2) is 18.4 Å². The molecule has 4 rings (SSSR count). The number of furan rings is 1. The van der Waals surface area contributed by atoms with Gasteiger partial charge in [-0.1, -0.05) is 48.5 Å². The van der Waals surface area contributed by atoms with Crippen LogP contribution in [0.4, 0.5) is 4.39 Å². The lowest BCUT2D eigenvalue weighted by Gasteiger charge is -2.12. The molecule has 3 aromatic carbocycles. The second kappa shape index (κ2) is 10.8. The molecule has 172 valence electrons. The lowest BCUT2D eigenvalue weighted by molar-refractivity contribution is -0.123. The van der Waals surface area contributed by atoms with E-state index in [1.165, 1.54) is 30.3 Å². The molecule has 0 radical (unpaired) electrons. The third-order valence-electron chi connectivity index (χ3n) is 4.73. The van der Waals surface area contributed by atoms with Crippen molar-refractivity contribution >= 4 is 11.8 Å². The maximum atomic E-state index is 12.9. The molecule has 7 nitrogen and oxygen atoms in total. The fourth-order valence-electron chi connectivity index (χ4n) is 3.08. The fraction of sp³-hybridized carbons (Fsp3) is 0.0769. The van der Waals surface area contributed by atoms with Crippen molar-refractivity contribution in [1.29, 1.82) is 0 Å². The van der Waals surface area contributed by atoms with E-state index in [1.54, 1.807) is 12.1 Å². The summed E-state index contributed by atoms with van der Waals surface area (Å²) in [5.74, 6) is -0.141. The Hall–Kier alpha value is -4.59. The Morgan fingerprint density at radius 1 is 0.794 bits per heavy atom. The first-order chi connectivity index (χ1) is 16.6. The number of hydrogen-bond acceptors (Lipinski definition) is 5. The molecule has 0 saturated heterocycles. The SMILES string of the molecule is O=C(COc1ccccc1-c1ccccc1)NNC(=O)c1ccc(COc2ccc(F)cc2)o1. The smallest absolute Gasteiger partial charge is 0.305 e. The molecule has 0 atom stereocenters. The number of para-hydroxylation sites is 1. The Labute approximate surface area is 195 Å². The molecule has 1 heterocycles. The first-order valence-corrected chi connectivity index (χ1v) is 10.4. The van der Waals surface area contributed by atoms with Gasteiger partial charge in [-0.25, -0.2) is 4.39 Å². The molecule has 0 aliphatic heterocycles. The summed E-state index contributed by atoms with van der Waals surface area (Å²) in [7, 11) is 0. The molecule has 0 spiro atoms. The van der Waals surface area contributed by atoms with E-state index < -0.39 is 11.8 Å². The lowest BCUT2D eigenvalue weighted by Crippen LogP contribution is -2.43. The molecule has 0 bridgehead atoms. The maximum Gasteiger partial charge on any atom is 0.305 e. The summed E-state index contributed by atoms with van der Waals surface area (Å²) in [6, 6.07) is 25.6. The van der Waals surface area contributed by atoms with Gasteiger partial charge in [-0.3, -0.25) is 20.4 Å². The Morgan fingerprint density at radius 2 is 1.53 bits per heavy atom. The number of hydrogen-bond donors (Lipinski definition) is 2. The van der Waals surface area contributed by atoms with Crippen LogP contribution < -0.4 is 20.3 Å². The minimum Gasteiger partial charge on any atom is -0.486 e. The molecular formula is C26H21FN2O5. The van der Waals surface area contributed by atoms with Crippen LogP contribution in [0.3, 0.4) is 0 Å². The fourth-order valence-corrected chi connectivity index (χ4v) is 3.08. The first kappa shape index (κ1) is 22.6. The van der Waals surface area contributed by atoms with Crippen molar-refractivity contribution in [2.24, 2.45) is 0 Å². The number of rotatable bonds is 8. The van der Waals surface area contributed by atoms with Crippen molar-refractivity contribution in [3.8, 4) is 22.6 Å². The molecular weight excluding hydrogens is 439 g/mol. The van der Waals surface area contributed by atoms with E-state index in [2.05, 4.69) is 10.9 Å². The van der Waals surface area contributed by atoms with Crippen LogP contribution in [-0.2, 0) is 11.4 Å². The van der Waals surface area contributed by atoms with E-state index in [0.29, 0.717) is 17.3 Å². The van der Waals surface area contributed by atoms with Gasteiger partial charge < -0.3 is 13.9 Å². The number of amides is 2. The van der Waals surface area contributed by atoms with Crippen LogP contribution in [0.2, 0.25) is 0 Å². The number of ether oxygens (including phenoxy) is 2. The summed E-state index contributed by atoms with van der Waals surface area (Å²) in [4.78, 5) is 24.4. The van der Waals surface area contributed by atoms with E-state index in [1.807, 2.05) is 48.5 Å². The molecule has 8 heteroatoms. The topological polar surface area (TPSA) is 89.8 Å². The minimum absolute atomic E-state index is 0.00616. The molecule has 2 amide bonds. The molecule has 0 unspecified atom stereocenters. The van der Waals surface area contributed by atoms with Gasteiger partial charge in [0.2, 0.25) is 0 Å². The van der Waals surface area contributed by atoms with Gasteiger partial charge in [-0.15, -0.1) is 0 Å². The van der Waals surface area contributed by atoms with Gasteiger partial charge in [0.25, 0.3) is 5.91 Å². The van der Waals surface area contributed by atoms with Crippen molar-refractivity contribution < 1.29 is 27.9 Å². The number of carbonyl (C=O) groups excluding carboxylic acids is 2. The van der Waals surface area contributed by atoms with Gasteiger partial charge in [-0.2, -0.15) is 0 Å². The quantitative estimate of drug-likeness (QED) is 0.378. The average molecular weight is 460 g/mol. The second-order valence-corrected chi connectivity index (χ2v) is 7.16. The van der Waals surface area contributed by atoms with Gasteiger partial charge >= 0.3 is 5.91 Å². The summed E-state index contributed by atoms with van der Waals surface area (Å²) in [5, 5.41) is 0. The summed E-state index contributed by atoms with van der Waals surface area (Å²) < 4.78 is 29.5. The molecule has 0 aliphatic carbocycles. The number of benzene rings is 3. The predicted octanol–water partition coefficient (Wildman–Crippen LogP) is 4.50. The molecule has 1 aromatic heterocycles. The Kier molecular flexibility index (Phi) is 7.19. The Bertz CT molecular complexity index is 1260. The third kappa shape index (κ3) is 6.01.